The molecule has 4 heteroatoms. The van der Waals surface area contributed by atoms with E-state index in [2.05, 4.69) is 28.5 Å². The molecular formula is C11H22AlCl2N. The molecular weight excluding hydrogens is 244 g/mol. The summed E-state index contributed by atoms with van der Waals surface area (Å²) in [6.45, 7) is 4.68. The molecule has 1 heterocycles. The van der Waals surface area contributed by atoms with Gasteiger partial charge >= 0.3 is 28.5 Å². The zero-order valence-corrected chi connectivity index (χ0v) is 12.3. The number of halogens is 2. The number of piperidine rings is 1. The molecule has 2 fully saturated rings. The van der Waals surface area contributed by atoms with Gasteiger partial charge in [-0.25, -0.2) is 0 Å². The van der Waals surface area contributed by atoms with Crippen LogP contribution < -0.4 is 30.1 Å². The van der Waals surface area contributed by atoms with Gasteiger partial charge in [0.2, 0.25) is 0 Å². The largest absolute Gasteiger partial charge is 1.00 e. The SMILES string of the molecule is C1CCC2CNCCC2C1.C[CH2][Al+2].[Cl-].[Cl-]. The van der Waals surface area contributed by atoms with Crippen LogP contribution in [0.1, 0.15) is 39.0 Å². The molecule has 1 nitrogen and oxygen atoms in total. The molecule has 0 radical (unpaired) electrons. The van der Waals surface area contributed by atoms with Gasteiger partial charge in [0.25, 0.3) is 0 Å². The molecule has 2 atom stereocenters. The summed E-state index contributed by atoms with van der Waals surface area (Å²) in [5, 5.41) is 4.65. The van der Waals surface area contributed by atoms with E-state index in [1.807, 2.05) is 0 Å². The van der Waals surface area contributed by atoms with Crippen molar-refractivity contribution in [2.45, 2.75) is 44.3 Å². The van der Waals surface area contributed by atoms with Gasteiger partial charge in [0.1, 0.15) is 0 Å². The molecule has 1 saturated heterocycles. The van der Waals surface area contributed by atoms with Gasteiger partial charge in [-0.1, -0.05) is 19.3 Å². The molecule has 0 aromatic rings. The summed E-state index contributed by atoms with van der Waals surface area (Å²) in [5.41, 5.74) is 0. The molecule has 2 unspecified atom stereocenters. The summed E-state index contributed by atoms with van der Waals surface area (Å²) < 4.78 is 0. The molecule has 1 aliphatic heterocycles. The maximum absolute atomic E-state index is 3.48. The van der Waals surface area contributed by atoms with Crippen LogP contribution >= 0.6 is 0 Å². The Morgan fingerprint density at radius 1 is 1.07 bits per heavy atom. The predicted molar refractivity (Wildman–Crippen MR) is 59.2 cm³/mol. The molecule has 0 aromatic carbocycles. The van der Waals surface area contributed by atoms with Gasteiger partial charge in [0, 0.05) is 0 Å². The number of hydrogen-bond acceptors (Lipinski definition) is 1. The average Bonchev–Trinajstić information content (AvgIpc) is 2.19. The quantitative estimate of drug-likeness (QED) is 0.447. The number of hydrogen-bond donors (Lipinski definition) is 1. The van der Waals surface area contributed by atoms with E-state index in [-0.39, 0.29) is 24.8 Å². The van der Waals surface area contributed by atoms with Crippen molar-refractivity contribution in [1.29, 1.82) is 0 Å². The predicted octanol–water partition coefficient (Wildman–Crippen LogP) is -3.61. The Kier molecular flexibility index (Phi) is 14.2. The molecule has 2 aliphatic rings. The second kappa shape index (κ2) is 11.6. The summed E-state index contributed by atoms with van der Waals surface area (Å²) >= 11 is 2.58. The first-order chi connectivity index (χ1) is 6.38. The van der Waals surface area contributed by atoms with Crippen molar-refractivity contribution < 1.29 is 24.8 Å². The van der Waals surface area contributed by atoms with Crippen molar-refractivity contribution in [2.24, 2.45) is 11.8 Å². The van der Waals surface area contributed by atoms with Crippen molar-refractivity contribution in [3.8, 4) is 0 Å². The van der Waals surface area contributed by atoms with Gasteiger partial charge < -0.3 is 30.1 Å². The van der Waals surface area contributed by atoms with Crippen LogP contribution in [-0.4, -0.2) is 29.4 Å². The first-order valence-electron chi connectivity index (χ1n) is 5.79. The Labute approximate surface area is 115 Å². The van der Waals surface area contributed by atoms with Crippen LogP contribution in [0.5, 0.6) is 0 Å². The fraction of sp³-hybridized carbons (Fsp3) is 1.00. The molecule has 1 N–H and O–H groups in total. The number of rotatable bonds is 0. The van der Waals surface area contributed by atoms with E-state index in [4.69, 9.17) is 0 Å². The van der Waals surface area contributed by atoms with Crippen molar-refractivity contribution in [1.82, 2.24) is 5.32 Å². The normalized spacial score (nSPS) is 28.5. The fourth-order valence-corrected chi connectivity index (χ4v) is 2.51. The van der Waals surface area contributed by atoms with Gasteiger partial charge in [-0.15, -0.1) is 0 Å². The second-order valence-corrected chi connectivity index (χ2v) is 5.02. The van der Waals surface area contributed by atoms with Gasteiger partial charge in [-0.3, -0.25) is 0 Å². The van der Waals surface area contributed by atoms with E-state index < -0.39 is 0 Å². The molecule has 0 amide bonds. The smallest absolute Gasteiger partial charge is 1.00 e. The monoisotopic (exact) mass is 265 g/mol. The molecule has 88 valence electrons. The number of fused-ring (bicyclic) bond motifs is 1. The maximum atomic E-state index is 3.48. The minimum Gasteiger partial charge on any atom is -1.00 e. The summed E-state index contributed by atoms with van der Waals surface area (Å²) in [6.07, 6.45) is 7.46. The van der Waals surface area contributed by atoms with Crippen molar-refractivity contribution >= 4 is 16.3 Å². The summed E-state index contributed by atoms with van der Waals surface area (Å²) in [4.78, 5) is 0. The third kappa shape index (κ3) is 7.08. The topological polar surface area (TPSA) is 12.0 Å². The molecule has 0 spiro atoms. The summed E-state index contributed by atoms with van der Waals surface area (Å²) in [6, 6.07) is 0. The van der Waals surface area contributed by atoms with Crippen LogP contribution in [0.4, 0.5) is 0 Å². The Morgan fingerprint density at radius 3 is 2.13 bits per heavy atom. The zero-order valence-electron chi connectivity index (χ0n) is 9.64. The first-order valence-corrected chi connectivity index (χ1v) is 6.61. The van der Waals surface area contributed by atoms with E-state index in [0.29, 0.717) is 0 Å². The first kappa shape index (κ1) is 18.4. The van der Waals surface area contributed by atoms with Crippen molar-refractivity contribution in [2.75, 3.05) is 13.1 Å². The van der Waals surface area contributed by atoms with Gasteiger partial charge in [0.15, 0.2) is 0 Å². The van der Waals surface area contributed by atoms with Crippen LogP contribution in [0.3, 0.4) is 0 Å². The second-order valence-electron chi connectivity index (χ2n) is 4.21. The van der Waals surface area contributed by atoms with Crippen molar-refractivity contribution in [3.05, 3.63) is 0 Å². The average molecular weight is 266 g/mol. The van der Waals surface area contributed by atoms with Crippen molar-refractivity contribution in [3.63, 3.8) is 0 Å². The fourth-order valence-electron chi connectivity index (χ4n) is 2.51. The molecule has 1 saturated carbocycles. The van der Waals surface area contributed by atoms with Crippen LogP contribution in [0, 0.1) is 11.8 Å². The third-order valence-electron chi connectivity index (χ3n) is 3.16. The van der Waals surface area contributed by atoms with E-state index in [1.54, 1.807) is 0 Å². The Morgan fingerprint density at radius 2 is 1.60 bits per heavy atom. The van der Waals surface area contributed by atoms with Gasteiger partial charge in [0.05, 0.1) is 0 Å². The minimum atomic E-state index is 0. The third-order valence-corrected chi connectivity index (χ3v) is 3.16. The molecule has 0 bridgehead atoms. The van der Waals surface area contributed by atoms with E-state index in [0.717, 1.165) is 11.8 Å². The van der Waals surface area contributed by atoms with Gasteiger partial charge in [-0.2, -0.15) is 0 Å². The van der Waals surface area contributed by atoms with Crippen LogP contribution in [0.25, 0.3) is 0 Å². The Balaban J connectivity index is 0. The maximum Gasteiger partial charge on any atom is -1.00 e. The Bertz CT molecular complexity index is 110. The summed E-state index contributed by atoms with van der Waals surface area (Å²) in [5.74, 6) is 2.14. The number of nitrogens with one attached hydrogen (secondary N) is 1. The van der Waals surface area contributed by atoms with E-state index >= 15 is 0 Å². The standard InChI is InChI=1S/C9H17N.C2H5.Al.2ClH/c1-2-4-9-7-10-6-5-8(9)3-1;1-2;;;/h8-10H,1-7H2;1H2,2H3;;2*1H/q;;+2;;/p-2. The molecule has 1 aliphatic carbocycles. The van der Waals surface area contributed by atoms with Gasteiger partial charge in [-0.05, 0) is 37.8 Å². The molecule has 2 rings (SSSR count). The van der Waals surface area contributed by atoms with Crippen LogP contribution in [0.2, 0.25) is 5.28 Å². The van der Waals surface area contributed by atoms with Crippen LogP contribution in [0.15, 0.2) is 0 Å². The Hall–Kier alpha value is 1.07. The summed E-state index contributed by atoms with van der Waals surface area (Å²) in [7, 11) is 0. The van der Waals surface area contributed by atoms with E-state index in [9.17, 15) is 0 Å². The minimum absolute atomic E-state index is 0. The van der Waals surface area contributed by atoms with E-state index in [1.165, 1.54) is 50.5 Å². The van der Waals surface area contributed by atoms with Crippen LogP contribution in [-0.2, 0) is 0 Å². The molecule has 0 aromatic heterocycles. The molecule has 15 heavy (non-hydrogen) atoms. The zero-order chi connectivity index (χ0) is 9.52.